The second kappa shape index (κ2) is 4.35. The Morgan fingerprint density at radius 3 is 2.89 bits per heavy atom. The summed E-state index contributed by atoms with van der Waals surface area (Å²) in [5.74, 6) is 0.425. The van der Waals surface area contributed by atoms with Crippen LogP contribution in [0.1, 0.15) is 12.0 Å². The van der Waals surface area contributed by atoms with Crippen molar-refractivity contribution in [2.75, 3.05) is 17.7 Å². The van der Waals surface area contributed by atoms with E-state index in [1.807, 2.05) is 25.2 Å². The molecule has 0 saturated heterocycles. The number of nitrogens with zero attached hydrogens (tertiary/aromatic N) is 3. The van der Waals surface area contributed by atoms with Crippen molar-refractivity contribution in [1.29, 1.82) is 0 Å². The summed E-state index contributed by atoms with van der Waals surface area (Å²) >= 11 is 0. The Balaban J connectivity index is 2.05. The van der Waals surface area contributed by atoms with E-state index in [0.717, 1.165) is 28.9 Å². The van der Waals surface area contributed by atoms with Gasteiger partial charge in [0.1, 0.15) is 0 Å². The second-order valence-corrected chi connectivity index (χ2v) is 4.60. The van der Waals surface area contributed by atoms with Crippen LogP contribution in [0.2, 0.25) is 0 Å². The Hall–Kier alpha value is -2.43. The van der Waals surface area contributed by atoms with Gasteiger partial charge < -0.3 is 10.6 Å². The van der Waals surface area contributed by atoms with Crippen LogP contribution in [0, 0.1) is 0 Å². The number of carbonyl (C=O) groups is 1. The first-order chi connectivity index (χ1) is 9.15. The number of anilines is 2. The molecular weight excluding hydrogens is 240 g/mol. The molecule has 5 heteroatoms. The molecule has 1 aliphatic heterocycles. The van der Waals surface area contributed by atoms with E-state index in [4.69, 9.17) is 5.73 Å². The lowest BCUT2D eigenvalue weighted by Gasteiger charge is -2.26. The minimum Gasteiger partial charge on any atom is -0.368 e. The Morgan fingerprint density at radius 1 is 1.26 bits per heavy atom. The molecule has 0 unspecified atom stereocenters. The summed E-state index contributed by atoms with van der Waals surface area (Å²) in [6.07, 6.45) is 2.97. The predicted molar refractivity (Wildman–Crippen MR) is 73.6 cm³/mol. The van der Waals surface area contributed by atoms with Gasteiger partial charge in [-0.25, -0.2) is 9.97 Å². The van der Waals surface area contributed by atoms with Gasteiger partial charge in [0.05, 0.1) is 5.69 Å². The van der Waals surface area contributed by atoms with Crippen molar-refractivity contribution in [3.63, 3.8) is 0 Å². The highest BCUT2D eigenvalue weighted by atomic mass is 16.2. The van der Waals surface area contributed by atoms with E-state index in [-0.39, 0.29) is 11.9 Å². The maximum Gasteiger partial charge on any atom is 0.227 e. The molecule has 19 heavy (non-hydrogen) atoms. The fraction of sp³-hybridized carbons (Fsp3) is 0.214. The highest BCUT2D eigenvalue weighted by Crippen LogP contribution is 2.30. The third kappa shape index (κ3) is 2.03. The van der Waals surface area contributed by atoms with E-state index in [1.165, 1.54) is 0 Å². The van der Waals surface area contributed by atoms with Gasteiger partial charge in [-0.15, -0.1) is 0 Å². The lowest BCUT2D eigenvalue weighted by molar-refractivity contribution is -0.118. The van der Waals surface area contributed by atoms with Gasteiger partial charge in [-0.2, -0.15) is 0 Å². The third-order valence-corrected chi connectivity index (χ3v) is 3.39. The van der Waals surface area contributed by atoms with E-state index in [9.17, 15) is 4.79 Å². The normalized spacial score (nSPS) is 14.4. The van der Waals surface area contributed by atoms with Crippen LogP contribution in [-0.4, -0.2) is 22.9 Å². The Morgan fingerprint density at radius 2 is 2.11 bits per heavy atom. The van der Waals surface area contributed by atoms with Crippen LogP contribution >= 0.6 is 0 Å². The average molecular weight is 254 g/mol. The van der Waals surface area contributed by atoms with E-state index < -0.39 is 0 Å². The summed E-state index contributed by atoms with van der Waals surface area (Å²) < 4.78 is 0. The molecule has 0 spiro atoms. The van der Waals surface area contributed by atoms with Gasteiger partial charge in [-0.3, -0.25) is 4.79 Å². The molecule has 2 N–H and O–H groups in total. The standard InChI is InChI=1S/C14H14N4O/c1-18-12-4-2-9(8-10(12)3-5-13(18)19)11-6-7-16-14(15)17-11/h2,4,6-8H,3,5H2,1H3,(H2,15,16,17). The molecule has 1 amide bonds. The molecule has 96 valence electrons. The predicted octanol–water partition coefficient (Wildman–Crippen LogP) is 1.63. The Labute approximate surface area is 111 Å². The van der Waals surface area contributed by atoms with Gasteiger partial charge in [0, 0.05) is 30.9 Å². The van der Waals surface area contributed by atoms with Gasteiger partial charge in [-0.1, -0.05) is 6.07 Å². The third-order valence-electron chi connectivity index (χ3n) is 3.39. The van der Waals surface area contributed by atoms with Gasteiger partial charge in [-0.05, 0) is 30.2 Å². The van der Waals surface area contributed by atoms with Crippen molar-refractivity contribution in [2.45, 2.75) is 12.8 Å². The van der Waals surface area contributed by atoms with Gasteiger partial charge in [0.2, 0.25) is 11.9 Å². The van der Waals surface area contributed by atoms with Gasteiger partial charge in [0.15, 0.2) is 0 Å². The number of aromatic nitrogens is 2. The lowest BCUT2D eigenvalue weighted by atomic mass is 9.98. The zero-order valence-electron chi connectivity index (χ0n) is 10.6. The van der Waals surface area contributed by atoms with Crippen LogP contribution < -0.4 is 10.6 Å². The topological polar surface area (TPSA) is 72.1 Å². The van der Waals surface area contributed by atoms with Crippen LogP contribution in [-0.2, 0) is 11.2 Å². The number of rotatable bonds is 1. The van der Waals surface area contributed by atoms with Gasteiger partial charge in [0.25, 0.3) is 0 Å². The van der Waals surface area contributed by atoms with E-state index >= 15 is 0 Å². The van der Waals surface area contributed by atoms with Crippen LogP contribution in [0.15, 0.2) is 30.5 Å². The number of hydrogen-bond donors (Lipinski definition) is 1. The summed E-state index contributed by atoms with van der Waals surface area (Å²) in [4.78, 5) is 21.5. The number of nitrogens with two attached hydrogens (primary N) is 1. The molecule has 1 aromatic heterocycles. The molecule has 1 aliphatic rings. The number of aryl methyl sites for hydroxylation is 1. The largest absolute Gasteiger partial charge is 0.368 e. The van der Waals surface area contributed by atoms with Crippen molar-refractivity contribution in [3.8, 4) is 11.3 Å². The first-order valence-electron chi connectivity index (χ1n) is 6.13. The second-order valence-electron chi connectivity index (χ2n) is 4.60. The summed E-state index contributed by atoms with van der Waals surface area (Å²) in [6.45, 7) is 0. The van der Waals surface area contributed by atoms with E-state index in [1.54, 1.807) is 11.1 Å². The molecule has 0 saturated carbocycles. The Bertz CT molecular complexity index is 654. The number of nitrogen functional groups attached to an aromatic ring is 1. The first kappa shape index (κ1) is 11.6. The fourth-order valence-corrected chi connectivity index (χ4v) is 2.35. The lowest BCUT2D eigenvalue weighted by Crippen LogP contribution is -2.30. The molecule has 0 fully saturated rings. The zero-order chi connectivity index (χ0) is 13.4. The van der Waals surface area contributed by atoms with Crippen LogP contribution in [0.3, 0.4) is 0 Å². The maximum atomic E-state index is 11.6. The average Bonchev–Trinajstić information content (AvgIpc) is 2.43. The van der Waals surface area contributed by atoms with Crippen molar-refractivity contribution in [1.82, 2.24) is 9.97 Å². The summed E-state index contributed by atoms with van der Waals surface area (Å²) in [5, 5.41) is 0. The minimum atomic E-state index is 0.159. The van der Waals surface area contributed by atoms with Crippen LogP contribution in [0.4, 0.5) is 11.6 Å². The molecule has 2 heterocycles. The molecule has 0 radical (unpaired) electrons. The quantitative estimate of drug-likeness (QED) is 0.839. The number of hydrogen-bond acceptors (Lipinski definition) is 4. The van der Waals surface area contributed by atoms with Crippen molar-refractivity contribution in [3.05, 3.63) is 36.0 Å². The smallest absolute Gasteiger partial charge is 0.227 e. The van der Waals surface area contributed by atoms with E-state index in [0.29, 0.717) is 6.42 Å². The summed E-state index contributed by atoms with van der Waals surface area (Å²) in [5.41, 5.74) is 9.53. The van der Waals surface area contributed by atoms with Crippen molar-refractivity contribution in [2.24, 2.45) is 0 Å². The number of amides is 1. The molecule has 3 rings (SSSR count). The van der Waals surface area contributed by atoms with Crippen molar-refractivity contribution >= 4 is 17.5 Å². The molecule has 0 atom stereocenters. The minimum absolute atomic E-state index is 0.159. The summed E-state index contributed by atoms with van der Waals surface area (Å²) in [7, 11) is 1.81. The molecule has 0 bridgehead atoms. The van der Waals surface area contributed by atoms with Crippen molar-refractivity contribution < 1.29 is 4.79 Å². The zero-order valence-corrected chi connectivity index (χ0v) is 10.6. The van der Waals surface area contributed by atoms with Crippen LogP contribution in [0.5, 0.6) is 0 Å². The molecule has 5 nitrogen and oxygen atoms in total. The number of benzene rings is 1. The first-order valence-corrected chi connectivity index (χ1v) is 6.13. The highest BCUT2D eigenvalue weighted by molar-refractivity contribution is 5.96. The monoisotopic (exact) mass is 254 g/mol. The summed E-state index contributed by atoms with van der Waals surface area (Å²) in [6, 6.07) is 7.81. The van der Waals surface area contributed by atoms with Gasteiger partial charge >= 0.3 is 0 Å². The highest BCUT2D eigenvalue weighted by Gasteiger charge is 2.21. The SMILES string of the molecule is CN1C(=O)CCc2cc(-c3ccnc(N)n3)ccc21. The van der Waals surface area contributed by atoms with E-state index in [2.05, 4.69) is 16.0 Å². The van der Waals surface area contributed by atoms with Crippen LogP contribution in [0.25, 0.3) is 11.3 Å². The Kier molecular flexibility index (Phi) is 2.67. The fourth-order valence-electron chi connectivity index (χ4n) is 2.35. The molecule has 2 aromatic rings. The maximum absolute atomic E-state index is 11.6. The number of fused-ring (bicyclic) bond motifs is 1. The number of carbonyl (C=O) groups excluding carboxylic acids is 1. The molecule has 1 aromatic carbocycles. The molecular formula is C14H14N4O. The molecule has 0 aliphatic carbocycles.